The Morgan fingerprint density at radius 3 is 2.76 bits per heavy atom. The van der Waals surface area contributed by atoms with E-state index in [0.717, 1.165) is 6.08 Å². The predicted octanol–water partition coefficient (Wildman–Crippen LogP) is 3.08. The summed E-state index contributed by atoms with van der Waals surface area (Å²) in [5.41, 5.74) is 7.59. The summed E-state index contributed by atoms with van der Waals surface area (Å²) in [6.07, 6.45) is 2.47. The summed E-state index contributed by atoms with van der Waals surface area (Å²) >= 11 is 0. The number of aliphatic carboxylic acids is 1. The second-order valence-corrected chi connectivity index (χ2v) is 4.39. The molecule has 3 N–H and O–H groups in total. The number of benzene rings is 2. The molecule has 0 radical (unpaired) electrons. The first-order chi connectivity index (χ1) is 10.0. The number of rotatable bonds is 5. The number of ether oxygens (including phenoxy) is 1. The van der Waals surface area contributed by atoms with E-state index < -0.39 is 5.97 Å². The average molecular weight is 287 g/mol. The van der Waals surface area contributed by atoms with Crippen molar-refractivity contribution in [2.75, 3.05) is 5.73 Å². The number of carboxylic acids is 1. The van der Waals surface area contributed by atoms with Gasteiger partial charge in [-0.2, -0.15) is 0 Å². The van der Waals surface area contributed by atoms with Crippen LogP contribution in [-0.4, -0.2) is 11.1 Å². The van der Waals surface area contributed by atoms with E-state index in [2.05, 4.69) is 0 Å². The van der Waals surface area contributed by atoms with Gasteiger partial charge >= 0.3 is 5.97 Å². The van der Waals surface area contributed by atoms with Crippen molar-refractivity contribution in [3.63, 3.8) is 0 Å². The van der Waals surface area contributed by atoms with Crippen molar-refractivity contribution >= 4 is 17.7 Å². The van der Waals surface area contributed by atoms with E-state index >= 15 is 0 Å². The predicted molar refractivity (Wildman–Crippen MR) is 78.3 cm³/mol. The van der Waals surface area contributed by atoms with Crippen molar-refractivity contribution < 1.29 is 19.0 Å². The van der Waals surface area contributed by atoms with Gasteiger partial charge in [0, 0.05) is 6.08 Å². The summed E-state index contributed by atoms with van der Waals surface area (Å²) in [5, 5.41) is 8.56. The number of halogens is 1. The van der Waals surface area contributed by atoms with Crippen molar-refractivity contribution in [1.29, 1.82) is 0 Å². The highest BCUT2D eigenvalue weighted by molar-refractivity contribution is 5.85. The molecule has 2 aromatic carbocycles. The minimum Gasteiger partial charge on any atom is -0.487 e. The summed E-state index contributed by atoms with van der Waals surface area (Å²) in [4.78, 5) is 10.4. The van der Waals surface area contributed by atoms with E-state index in [0.29, 0.717) is 22.6 Å². The van der Waals surface area contributed by atoms with Gasteiger partial charge in [-0.1, -0.05) is 18.2 Å². The standard InChI is InChI=1S/C16H14FNO3/c17-13-3-1-2-12(8-13)10-21-15-6-4-11(9-14(15)18)5-7-16(19)20/h1-9H,10,18H2,(H,19,20)/b7-5-. The Morgan fingerprint density at radius 2 is 2.10 bits per heavy atom. The number of hydrogen-bond acceptors (Lipinski definition) is 3. The SMILES string of the molecule is Nc1cc(/C=C\C(=O)O)ccc1OCc1cccc(F)c1. The van der Waals surface area contributed by atoms with Gasteiger partial charge in [0.2, 0.25) is 0 Å². The molecule has 0 aliphatic carbocycles. The molecule has 0 bridgehead atoms. The van der Waals surface area contributed by atoms with Crippen LogP contribution >= 0.6 is 0 Å². The monoisotopic (exact) mass is 287 g/mol. The fraction of sp³-hybridized carbons (Fsp3) is 0.0625. The third kappa shape index (κ3) is 4.35. The molecule has 21 heavy (non-hydrogen) atoms. The quantitative estimate of drug-likeness (QED) is 0.654. The zero-order chi connectivity index (χ0) is 15.2. The van der Waals surface area contributed by atoms with E-state index in [9.17, 15) is 9.18 Å². The van der Waals surface area contributed by atoms with Gasteiger partial charge in [0.1, 0.15) is 18.2 Å². The fourth-order valence-corrected chi connectivity index (χ4v) is 1.76. The molecule has 108 valence electrons. The van der Waals surface area contributed by atoms with Gasteiger partial charge in [-0.3, -0.25) is 0 Å². The Bertz CT molecular complexity index is 683. The van der Waals surface area contributed by atoms with E-state index in [1.165, 1.54) is 18.2 Å². The van der Waals surface area contributed by atoms with Gasteiger partial charge in [0.05, 0.1) is 5.69 Å². The van der Waals surface area contributed by atoms with Crippen molar-refractivity contribution in [3.05, 3.63) is 65.5 Å². The molecule has 0 aliphatic heterocycles. The molecular weight excluding hydrogens is 273 g/mol. The van der Waals surface area contributed by atoms with Gasteiger partial charge < -0.3 is 15.6 Å². The summed E-state index contributed by atoms with van der Waals surface area (Å²) < 4.78 is 18.6. The third-order valence-electron chi connectivity index (χ3n) is 2.74. The highest BCUT2D eigenvalue weighted by Gasteiger charge is 2.03. The molecule has 0 atom stereocenters. The molecule has 0 amide bonds. The van der Waals surface area contributed by atoms with Gasteiger partial charge in [-0.25, -0.2) is 9.18 Å². The van der Waals surface area contributed by atoms with Crippen LogP contribution in [0.4, 0.5) is 10.1 Å². The lowest BCUT2D eigenvalue weighted by Gasteiger charge is -2.09. The maximum absolute atomic E-state index is 13.0. The maximum Gasteiger partial charge on any atom is 0.328 e. The van der Waals surface area contributed by atoms with Crippen molar-refractivity contribution in [3.8, 4) is 5.75 Å². The van der Waals surface area contributed by atoms with Gasteiger partial charge in [0.25, 0.3) is 0 Å². The Labute approximate surface area is 121 Å². The van der Waals surface area contributed by atoms with Crippen LogP contribution in [0.5, 0.6) is 5.75 Å². The van der Waals surface area contributed by atoms with Gasteiger partial charge in [-0.15, -0.1) is 0 Å². The number of carbonyl (C=O) groups is 1. The Morgan fingerprint density at radius 1 is 1.29 bits per heavy atom. The number of carboxylic acid groups (broad SMARTS) is 1. The zero-order valence-electron chi connectivity index (χ0n) is 11.1. The Kier molecular flexibility index (Phi) is 4.56. The second kappa shape index (κ2) is 6.56. The van der Waals surface area contributed by atoms with Crippen molar-refractivity contribution in [2.45, 2.75) is 6.61 Å². The Balaban J connectivity index is 2.06. The molecule has 0 spiro atoms. The number of anilines is 1. The third-order valence-corrected chi connectivity index (χ3v) is 2.74. The van der Waals surface area contributed by atoms with Crippen LogP contribution in [0, 0.1) is 5.82 Å². The molecule has 0 fully saturated rings. The smallest absolute Gasteiger partial charge is 0.328 e. The molecule has 0 saturated carbocycles. The van der Waals surface area contributed by atoms with Crippen LogP contribution in [0.25, 0.3) is 6.08 Å². The topological polar surface area (TPSA) is 72.6 Å². The van der Waals surface area contributed by atoms with E-state index in [-0.39, 0.29) is 12.4 Å². The fourth-order valence-electron chi connectivity index (χ4n) is 1.76. The number of hydrogen-bond donors (Lipinski definition) is 2. The summed E-state index contributed by atoms with van der Waals surface area (Å²) in [6.45, 7) is 0.201. The first-order valence-electron chi connectivity index (χ1n) is 6.22. The largest absolute Gasteiger partial charge is 0.487 e. The lowest BCUT2D eigenvalue weighted by atomic mass is 10.1. The van der Waals surface area contributed by atoms with E-state index in [4.69, 9.17) is 15.6 Å². The molecular formula is C16H14FNO3. The first-order valence-corrected chi connectivity index (χ1v) is 6.22. The van der Waals surface area contributed by atoms with Crippen LogP contribution in [0.2, 0.25) is 0 Å². The molecule has 2 rings (SSSR count). The molecule has 0 aliphatic rings. The van der Waals surface area contributed by atoms with E-state index in [1.54, 1.807) is 30.3 Å². The Hall–Kier alpha value is -2.82. The highest BCUT2D eigenvalue weighted by Crippen LogP contribution is 2.24. The van der Waals surface area contributed by atoms with Crippen LogP contribution in [0.15, 0.2) is 48.5 Å². The molecule has 0 unspecified atom stereocenters. The summed E-state index contributed by atoms with van der Waals surface area (Å²) in [6, 6.07) is 11.1. The second-order valence-electron chi connectivity index (χ2n) is 4.39. The van der Waals surface area contributed by atoms with Crippen LogP contribution in [-0.2, 0) is 11.4 Å². The van der Waals surface area contributed by atoms with Gasteiger partial charge in [0.15, 0.2) is 0 Å². The first kappa shape index (κ1) is 14.6. The lowest BCUT2D eigenvalue weighted by molar-refractivity contribution is -0.131. The normalized spacial score (nSPS) is 10.7. The minimum absolute atomic E-state index is 0.201. The maximum atomic E-state index is 13.0. The highest BCUT2D eigenvalue weighted by atomic mass is 19.1. The zero-order valence-corrected chi connectivity index (χ0v) is 11.1. The minimum atomic E-state index is -1.03. The molecule has 0 aromatic heterocycles. The van der Waals surface area contributed by atoms with Gasteiger partial charge in [-0.05, 0) is 41.5 Å². The average Bonchev–Trinajstić information content (AvgIpc) is 2.44. The molecule has 0 saturated heterocycles. The summed E-state index contributed by atoms with van der Waals surface area (Å²) in [5.74, 6) is -0.884. The van der Waals surface area contributed by atoms with Crippen LogP contribution in [0.3, 0.4) is 0 Å². The van der Waals surface area contributed by atoms with Crippen LogP contribution in [0.1, 0.15) is 11.1 Å². The molecule has 0 heterocycles. The lowest BCUT2D eigenvalue weighted by Crippen LogP contribution is -1.99. The molecule has 5 heteroatoms. The van der Waals surface area contributed by atoms with Crippen LogP contribution < -0.4 is 10.5 Å². The number of nitrogen functional groups attached to an aromatic ring is 1. The molecule has 4 nitrogen and oxygen atoms in total. The number of nitrogens with two attached hydrogens (primary N) is 1. The molecule has 2 aromatic rings. The summed E-state index contributed by atoms with van der Waals surface area (Å²) in [7, 11) is 0. The van der Waals surface area contributed by atoms with E-state index in [1.807, 2.05) is 0 Å². The van der Waals surface area contributed by atoms with Crippen molar-refractivity contribution in [2.24, 2.45) is 0 Å². The van der Waals surface area contributed by atoms with Crippen molar-refractivity contribution in [1.82, 2.24) is 0 Å².